The van der Waals surface area contributed by atoms with Crippen LogP contribution in [0, 0.1) is 0 Å². The van der Waals surface area contributed by atoms with E-state index in [-0.39, 0.29) is 17.8 Å². The lowest BCUT2D eigenvalue weighted by Gasteiger charge is -2.25. The molecule has 12 heteroatoms. The summed E-state index contributed by atoms with van der Waals surface area (Å²) in [5, 5.41) is 7.06. The van der Waals surface area contributed by atoms with E-state index in [1.807, 2.05) is 30.3 Å². The van der Waals surface area contributed by atoms with Crippen LogP contribution in [0.4, 0.5) is 16.4 Å². The molecule has 230 valence electrons. The smallest absolute Gasteiger partial charge is 0.328 e. The van der Waals surface area contributed by atoms with Crippen LogP contribution in [-0.4, -0.2) is 51.2 Å². The number of urea groups is 1. The van der Waals surface area contributed by atoms with Crippen molar-refractivity contribution in [1.29, 1.82) is 0 Å². The number of carbonyl (C=O) groups is 3. The number of carbonyl (C=O) groups excluding carboxylic acids is 3. The first kappa shape index (κ1) is 31.7. The number of fused-ring (bicyclic) bond motifs is 1. The summed E-state index contributed by atoms with van der Waals surface area (Å²) >= 11 is 0. The number of aromatic nitrogens is 3. The number of nitrogens with zero attached hydrogens (tertiary/aromatic N) is 3. The van der Waals surface area contributed by atoms with Gasteiger partial charge in [0.1, 0.15) is 22.7 Å². The summed E-state index contributed by atoms with van der Waals surface area (Å²) in [6.45, 7) is 9.96. The van der Waals surface area contributed by atoms with E-state index >= 15 is 0 Å². The molecule has 0 aliphatic heterocycles. The van der Waals surface area contributed by atoms with Crippen LogP contribution in [0.25, 0.3) is 10.8 Å². The Morgan fingerprint density at radius 2 is 1.34 bits per heavy atom. The summed E-state index contributed by atoms with van der Waals surface area (Å²) in [7, 11) is 1.47. The molecule has 1 heterocycles. The molecule has 0 atom stereocenters. The first-order chi connectivity index (χ1) is 20.7. The lowest BCUT2D eigenvalue weighted by atomic mass is 10.1. The molecule has 4 rings (SSSR count). The van der Waals surface area contributed by atoms with E-state index < -0.39 is 35.1 Å². The van der Waals surface area contributed by atoms with Gasteiger partial charge in [-0.25, -0.2) is 4.79 Å². The summed E-state index contributed by atoms with van der Waals surface area (Å²) in [5.74, 6) is -3.45. The molecule has 12 nitrogen and oxygen atoms in total. The van der Waals surface area contributed by atoms with E-state index in [1.54, 1.807) is 77.9 Å². The van der Waals surface area contributed by atoms with Gasteiger partial charge in [0.15, 0.2) is 5.82 Å². The zero-order chi connectivity index (χ0) is 32.1. The molecule has 0 bridgehead atoms. The van der Waals surface area contributed by atoms with Gasteiger partial charge in [0.2, 0.25) is 11.9 Å². The SMILES string of the molecule is COc1ccccc1NC(=O)Nc1nc(Oc2ccc3ccccc3c2)nc(C(C(=O)OC(C)(C)C)C(=O)OC(C)(C)C)n1. The van der Waals surface area contributed by atoms with Crippen molar-refractivity contribution in [2.45, 2.75) is 58.7 Å². The predicted octanol–water partition coefficient (Wildman–Crippen LogP) is 6.24. The zero-order valence-corrected chi connectivity index (χ0v) is 25.6. The van der Waals surface area contributed by atoms with Gasteiger partial charge in [0, 0.05) is 0 Å². The van der Waals surface area contributed by atoms with Crippen LogP contribution < -0.4 is 20.1 Å². The van der Waals surface area contributed by atoms with Crippen molar-refractivity contribution in [3.8, 4) is 17.5 Å². The fraction of sp³-hybridized carbons (Fsp3) is 0.312. The van der Waals surface area contributed by atoms with E-state index in [0.29, 0.717) is 17.2 Å². The van der Waals surface area contributed by atoms with Crippen LogP contribution in [-0.2, 0) is 19.1 Å². The Morgan fingerprint density at radius 3 is 1.98 bits per heavy atom. The Bertz CT molecular complexity index is 1650. The molecule has 0 spiro atoms. The second-order valence-electron chi connectivity index (χ2n) is 11.7. The second kappa shape index (κ2) is 12.9. The number of anilines is 2. The van der Waals surface area contributed by atoms with Crippen LogP contribution >= 0.6 is 0 Å². The van der Waals surface area contributed by atoms with E-state index in [9.17, 15) is 14.4 Å². The number of esters is 2. The molecule has 2 N–H and O–H groups in total. The third kappa shape index (κ3) is 8.63. The highest BCUT2D eigenvalue weighted by atomic mass is 16.6. The highest BCUT2D eigenvalue weighted by Crippen LogP contribution is 2.28. The normalized spacial score (nSPS) is 11.5. The minimum atomic E-state index is -1.71. The number of ether oxygens (including phenoxy) is 4. The number of rotatable bonds is 8. The number of benzene rings is 3. The molecule has 0 saturated carbocycles. The van der Waals surface area contributed by atoms with Crippen molar-refractivity contribution >= 4 is 40.4 Å². The maximum atomic E-state index is 13.4. The van der Waals surface area contributed by atoms with Gasteiger partial charge in [0.25, 0.3) is 0 Å². The zero-order valence-electron chi connectivity index (χ0n) is 25.6. The standard InChI is InChI=1S/C32H35N5O7/c1-31(2,3)43-26(38)24(27(39)44-32(4,5)6)25-34-28(36-29(40)33-22-14-10-11-15-23(22)41-7)37-30(35-25)42-21-17-16-19-12-8-9-13-20(19)18-21/h8-18,24H,1-7H3,(H2,33,34,35,36,37,40). The predicted molar refractivity (Wildman–Crippen MR) is 164 cm³/mol. The van der Waals surface area contributed by atoms with E-state index in [0.717, 1.165) is 10.8 Å². The number of hydrogen-bond donors (Lipinski definition) is 2. The number of para-hydroxylation sites is 2. The molecular weight excluding hydrogens is 566 g/mol. The Balaban J connectivity index is 1.75. The Kier molecular flexibility index (Phi) is 9.32. The van der Waals surface area contributed by atoms with Crippen molar-refractivity contribution in [2.75, 3.05) is 17.7 Å². The molecule has 2 amide bonds. The topological polar surface area (TPSA) is 151 Å². The van der Waals surface area contributed by atoms with Crippen molar-refractivity contribution in [2.24, 2.45) is 0 Å². The third-order valence-electron chi connectivity index (χ3n) is 5.69. The quantitative estimate of drug-likeness (QED) is 0.175. The number of methoxy groups -OCH3 is 1. The van der Waals surface area contributed by atoms with Crippen molar-refractivity contribution in [3.63, 3.8) is 0 Å². The van der Waals surface area contributed by atoms with Gasteiger partial charge < -0.3 is 24.3 Å². The maximum absolute atomic E-state index is 13.4. The molecule has 0 unspecified atom stereocenters. The van der Waals surface area contributed by atoms with Gasteiger partial charge in [-0.1, -0.05) is 42.5 Å². The van der Waals surface area contributed by atoms with Gasteiger partial charge in [-0.2, -0.15) is 15.0 Å². The molecule has 0 aliphatic carbocycles. The first-order valence-electron chi connectivity index (χ1n) is 13.8. The van der Waals surface area contributed by atoms with Crippen LogP contribution in [0.1, 0.15) is 53.3 Å². The lowest BCUT2D eigenvalue weighted by Crippen LogP contribution is -2.36. The number of amides is 2. The maximum Gasteiger partial charge on any atom is 0.328 e. The largest absolute Gasteiger partial charge is 0.495 e. The van der Waals surface area contributed by atoms with Gasteiger partial charge in [-0.3, -0.25) is 14.9 Å². The third-order valence-corrected chi connectivity index (χ3v) is 5.69. The van der Waals surface area contributed by atoms with E-state index in [4.69, 9.17) is 18.9 Å². The average Bonchev–Trinajstić information content (AvgIpc) is 2.91. The Labute approximate surface area is 255 Å². The lowest BCUT2D eigenvalue weighted by molar-refractivity contribution is -0.169. The van der Waals surface area contributed by atoms with Crippen molar-refractivity contribution < 1.29 is 33.3 Å². The minimum absolute atomic E-state index is 0.282. The van der Waals surface area contributed by atoms with Crippen LogP contribution in [0.5, 0.6) is 17.5 Å². The van der Waals surface area contributed by atoms with Crippen LogP contribution in [0.15, 0.2) is 66.7 Å². The number of nitrogens with one attached hydrogen (secondary N) is 2. The number of hydrogen-bond acceptors (Lipinski definition) is 10. The molecule has 1 aromatic heterocycles. The minimum Gasteiger partial charge on any atom is -0.495 e. The molecule has 4 aromatic rings. The molecule has 0 aliphatic rings. The van der Waals surface area contributed by atoms with Gasteiger partial charge in [0.05, 0.1) is 12.8 Å². The van der Waals surface area contributed by atoms with Crippen LogP contribution in [0.2, 0.25) is 0 Å². The summed E-state index contributed by atoms with van der Waals surface area (Å²) in [4.78, 5) is 52.5. The highest BCUT2D eigenvalue weighted by Gasteiger charge is 2.39. The monoisotopic (exact) mass is 601 g/mol. The second-order valence-corrected chi connectivity index (χ2v) is 11.7. The van der Waals surface area contributed by atoms with Gasteiger partial charge in [-0.05, 0) is 76.6 Å². The molecule has 3 aromatic carbocycles. The van der Waals surface area contributed by atoms with Crippen molar-refractivity contribution in [3.05, 3.63) is 72.6 Å². The highest BCUT2D eigenvalue weighted by molar-refractivity contribution is 6.01. The Hall–Kier alpha value is -5.26. The summed E-state index contributed by atoms with van der Waals surface area (Å²) in [6, 6.07) is 18.8. The molecule has 44 heavy (non-hydrogen) atoms. The molecule has 0 saturated heterocycles. The summed E-state index contributed by atoms with van der Waals surface area (Å²) in [5.41, 5.74) is -1.50. The summed E-state index contributed by atoms with van der Waals surface area (Å²) in [6.07, 6.45) is 0. The van der Waals surface area contributed by atoms with Crippen LogP contribution in [0.3, 0.4) is 0 Å². The molecular formula is C32H35N5O7. The molecule has 0 fully saturated rings. The average molecular weight is 602 g/mol. The van der Waals surface area contributed by atoms with Gasteiger partial charge >= 0.3 is 24.0 Å². The van der Waals surface area contributed by atoms with E-state index in [2.05, 4.69) is 25.6 Å². The van der Waals surface area contributed by atoms with Gasteiger partial charge in [-0.15, -0.1) is 0 Å². The fourth-order valence-corrected chi connectivity index (χ4v) is 3.97. The van der Waals surface area contributed by atoms with E-state index in [1.165, 1.54) is 7.11 Å². The summed E-state index contributed by atoms with van der Waals surface area (Å²) < 4.78 is 22.3. The molecule has 0 radical (unpaired) electrons. The van der Waals surface area contributed by atoms with Crippen molar-refractivity contribution in [1.82, 2.24) is 15.0 Å². The Morgan fingerprint density at radius 1 is 0.727 bits per heavy atom. The fourth-order valence-electron chi connectivity index (χ4n) is 3.97. The first-order valence-corrected chi connectivity index (χ1v) is 13.8.